The lowest BCUT2D eigenvalue weighted by atomic mass is 10.1. The van der Waals surface area contributed by atoms with Crippen molar-refractivity contribution in [2.75, 3.05) is 11.9 Å². The first-order valence-corrected chi connectivity index (χ1v) is 9.39. The molecule has 0 unspecified atom stereocenters. The SMILES string of the molecule is Cc1ccccc1CNC(=O)c1ccccc1NC(=O)C(=O)NCCC(C)C. The van der Waals surface area contributed by atoms with Crippen molar-refractivity contribution < 1.29 is 14.4 Å². The molecule has 0 saturated heterocycles. The molecule has 2 aromatic rings. The number of anilines is 1. The second kappa shape index (κ2) is 10.3. The molecule has 0 saturated carbocycles. The molecule has 3 N–H and O–H groups in total. The first kappa shape index (κ1) is 21.2. The standard InChI is InChI=1S/C22H27N3O3/c1-15(2)12-13-23-21(27)22(28)25-19-11-7-6-10-18(19)20(26)24-14-17-9-5-4-8-16(17)3/h4-11,15H,12-14H2,1-3H3,(H,23,27)(H,24,26)(H,25,28). The molecule has 0 spiro atoms. The van der Waals surface area contributed by atoms with E-state index in [0.717, 1.165) is 17.5 Å². The maximum atomic E-state index is 12.6. The van der Waals surface area contributed by atoms with Gasteiger partial charge in [0.05, 0.1) is 11.3 Å². The maximum Gasteiger partial charge on any atom is 0.313 e. The highest BCUT2D eigenvalue weighted by molar-refractivity contribution is 6.40. The molecule has 0 radical (unpaired) electrons. The summed E-state index contributed by atoms with van der Waals surface area (Å²) in [5.41, 5.74) is 2.71. The van der Waals surface area contributed by atoms with Crippen LogP contribution in [0.25, 0.3) is 0 Å². The highest BCUT2D eigenvalue weighted by atomic mass is 16.2. The summed E-state index contributed by atoms with van der Waals surface area (Å²) in [5, 5.41) is 7.97. The van der Waals surface area contributed by atoms with Gasteiger partial charge in [-0.3, -0.25) is 14.4 Å². The summed E-state index contributed by atoms with van der Waals surface area (Å²) >= 11 is 0. The summed E-state index contributed by atoms with van der Waals surface area (Å²) in [6.45, 7) is 6.87. The normalized spacial score (nSPS) is 10.4. The van der Waals surface area contributed by atoms with Crippen molar-refractivity contribution in [3.05, 3.63) is 65.2 Å². The number of nitrogens with one attached hydrogen (secondary N) is 3. The molecule has 28 heavy (non-hydrogen) atoms. The van der Waals surface area contributed by atoms with E-state index in [1.807, 2.05) is 45.0 Å². The second-order valence-corrected chi connectivity index (χ2v) is 7.05. The van der Waals surface area contributed by atoms with E-state index in [1.165, 1.54) is 0 Å². The van der Waals surface area contributed by atoms with Crippen LogP contribution in [-0.2, 0) is 16.1 Å². The molecule has 6 nitrogen and oxygen atoms in total. The zero-order valence-electron chi connectivity index (χ0n) is 16.5. The van der Waals surface area contributed by atoms with Crippen molar-refractivity contribution in [2.24, 2.45) is 5.92 Å². The first-order chi connectivity index (χ1) is 13.4. The van der Waals surface area contributed by atoms with Crippen LogP contribution in [0.5, 0.6) is 0 Å². The Bertz CT molecular complexity index is 846. The zero-order chi connectivity index (χ0) is 20.5. The second-order valence-electron chi connectivity index (χ2n) is 7.05. The predicted octanol–water partition coefficient (Wildman–Crippen LogP) is 3.03. The van der Waals surface area contributed by atoms with Crippen LogP contribution < -0.4 is 16.0 Å². The molecule has 6 heteroatoms. The average molecular weight is 381 g/mol. The molecular formula is C22H27N3O3. The average Bonchev–Trinajstić information content (AvgIpc) is 2.67. The van der Waals surface area contributed by atoms with Crippen LogP contribution in [-0.4, -0.2) is 24.3 Å². The zero-order valence-corrected chi connectivity index (χ0v) is 16.5. The van der Waals surface area contributed by atoms with Gasteiger partial charge in [0.1, 0.15) is 0 Å². The molecule has 0 bridgehead atoms. The topological polar surface area (TPSA) is 87.3 Å². The van der Waals surface area contributed by atoms with Gasteiger partial charge in [0, 0.05) is 13.1 Å². The lowest BCUT2D eigenvalue weighted by Gasteiger charge is -2.12. The Hall–Kier alpha value is -3.15. The van der Waals surface area contributed by atoms with Crippen molar-refractivity contribution in [3.63, 3.8) is 0 Å². The highest BCUT2D eigenvalue weighted by Gasteiger charge is 2.17. The molecule has 0 aromatic heterocycles. The Morgan fingerprint density at radius 3 is 2.29 bits per heavy atom. The van der Waals surface area contributed by atoms with Crippen LogP contribution in [0.3, 0.4) is 0 Å². The number of para-hydroxylation sites is 1. The molecule has 0 aliphatic heterocycles. The van der Waals surface area contributed by atoms with Crippen molar-refractivity contribution >= 4 is 23.4 Å². The van der Waals surface area contributed by atoms with Crippen LogP contribution in [0.1, 0.15) is 41.8 Å². The Morgan fingerprint density at radius 2 is 1.57 bits per heavy atom. The maximum absolute atomic E-state index is 12.6. The summed E-state index contributed by atoms with van der Waals surface area (Å²) in [5.74, 6) is -1.39. The number of rotatable bonds is 7. The lowest BCUT2D eigenvalue weighted by molar-refractivity contribution is -0.136. The predicted molar refractivity (Wildman–Crippen MR) is 110 cm³/mol. The van der Waals surface area contributed by atoms with Gasteiger partial charge >= 0.3 is 11.8 Å². The molecule has 2 rings (SSSR count). The van der Waals surface area contributed by atoms with Gasteiger partial charge in [0.2, 0.25) is 0 Å². The van der Waals surface area contributed by atoms with E-state index in [0.29, 0.717) is 30.3 Å². The molecular weight excluding hydrogens is 354 g/mol. The van der Waals surface area contributed by atoms with Gasteiger partial charge < -0.3 is 16.0 Å². The molecule has 0 atom stereocenters. The quantitative estimate of drug-likeness (QED) is 0.644. The van der Waals surface area contributed by atoms with Crippen molar-refractivity contribution in [2.45, 2.75) is 33.7 Å². The molecule has 2 aromatic carbocycles. The number of carbonyl (C=O) groups excluding carboxylic acids is 3. The van der Waals surface area contributed by atoms with E-state index < -0.39 is 11.8 Å². The molecule has 3 amide bonds. The largest absolute Gasteiger partial charge is 0.348 e. The summed E-state index contributed by atoms with van der Waals surface area (Å²) < 4.78 is 0. The van der Waals surface area contributed by atoms with E-state index in [9.17, 15) is 14.4 Å². The Labute approximate surface area is 165 Å². The Kier molecular flexibility index (Phi) is 7.75. The molecule has 0 heterocycles. The van der Waals surface area contributed by atoms with Crippen LogP contribution in [0, 0.1) is 12.8 Å². The van der Waals surface area contributed by atoms with Crippen molar-refractivity contribution in [3.8, 4) is 0 Å². The lowest BCUT2D eigenvalue weighted by Crippen LogP contribution is -2.36. The van der Waals surface area contributed by atoms with Crippen molar-refractivity contribution in [1.82, 2.24) is 10.6 Å². The highest BCUT2D eigenvalue weighted by Crippen LogP contribution is 2.15. The number of hydrogen-bond acceptors (Lipinski definition) is 3. The number of hydrogen-bond donors (Lipinski definition) is 3. The number of carbonyl (C=O) groups is 3. The van der Waals surface area contributed by atoms with Gasteiger partial charge in [0.15, 0.2) is 0 Å². The van der Waals surface area contributed by atoms with Gasteiger partial charge in [-0.1, -0.05) is 50.2 Å². The minimum atomic E-state index is -0.789. The van der Waals surface area contributed by atoms with Gasteiger partial charge in [0.25, 0.3) is 5.91 Å². The van der Waals surface area contributed by atoms with E-state index in [1.54, 1.807) is 24.3 Å². The third-order valence-corrected chi connectivity index (χ3v) is 4.33. The number of amides is 3. The number of benzene rings is 2. The van der Waals surface area contributed by atoms with E-state index in [-0.39, 0.29) is 5.91 Å². The van der Waals surface area contributed by atoms with E-state index >= 15 is 0 Å². The third-order valence-electron chi connectivity index (χ3n) is 4.33. The van der Waals surface area contributed by atoms with Gasteiger partial charge in [-0.15, -0.1) is 0 Å². The minimum absolute atomic E-state index is 0.300. The van der Waals surface area contributed by atoms with Crippen LogP contribution in [0.15, 0.2) is 48.5 Å². The fraction of sp³-hybridized carbons (Fsp3) is 0.318. The summed E-state index contributed by atoms with van der Waals surface area (Å²) in [6.07, 6.45) is 0.789. The van der Waals surface area contributed by atoms with E-state index in [4.69, 9.17) is 0 Å². The fourth-order valence-corrected chi connectivity index (χ4v) is 2.60. The molecule has 0 fully saturated rings. The minimum Gasteiger partial charge on any atom is -0.348 e. The third kappa shape index (κ3) is 6.23. The Morgan fingerprint density at radius 1 is 0.893 bits per heavy atom. The van der Waals surface area contributed by atoms with Crippen LogP contribution in [0.4, 0.5) is 5.69 Å². The van der Waals surface area contributed by atoms with Crippen LogP contribution >= 0.6 is 0 Å². The summed E-state index contributed by atoms with van der Waals surface area (Å²) in [4.78, 5) is 36.7. The summed E-state index contributed by atoms with van der Waals surface area (Å²) in [6, 6.07) is 14.4. The van der Waals surface area contributed by atoms with Gasteiger partial charge in [-0.05, 0) is 42.5 Å². The molecule has 0 aliphatic rings. The van der Waals surface area contributed by atoms with Gasteiger partial charge in [-0.2, -0.15) is 0 Å². The monoisotopic (exact) mass is 381 g/mol. The molecule has 148 valence electrons. The van der Waals surface area contributed by atoms with Crippen molar-refractivity contribution in [1.29, 1.82) is 0 Å². The first-order valence-electron chi connectivity index (χ1n) is 9.39. The van der Waals surface area contributed by atoms with Gasteiger partial charge in [-0.25, -0.2) is 0 Å². The molecule has 0 aliphatic carbocycles. The Balaban J connectivity index is 1.99. The smallest absolute Gasteiger partial charge is 0.313 e. The number of aryl methyl sites for hydroxylation is 1. The van der Waals surface area contributed by atoms with E-state index in [2.05, 4.69) is 16.0 Å². The fourth-order valence-electron chi connectivity index (χ4n) is 2.60. The van der Waals surface area contributed by atoms with Crippen LogP contribution in [0.2, 0.25) is 0 Å². The summed E-state index contributed by atoms with van der Waals surface area (Å²) in [7, 11) is 0.